The Morgan fingerprint density at radius 1 is 1.33 bits per heavy atom. The number of alkyl halides is 3. The molecule has 1 aromatic rings. The summed E-state index contributed by atoms with van der Waals surface area (Å²) in [6.07, 6.45) is -5.54. The van der Waals surface area contributed by atoms with Crippen LogP contribution in [0.1, 0.15) is 5.56 Å². The van der Waals surface area contributed by atoms with Crippen LogP contribution in [0.25, 0.3) is 0 Å². The first-order valence-corrected chi connectivity index (χ1v) is 5.35. The molecule has 0 fully saturated rings. The summed E-state index contributed by atoms with van der Waals surface area (Å²) in [5.41, 5.74) is 0.742. The fourth-order valence-electron chi connectivity index (χ4n) is 1.18. The standard InChI is InChI=1S/C11H11ClF3NO2/c1-16(10(17)18-7-11(13,14)15)6-8-2-4-9(12)5-3-8/h2-5H,6-7H2,1H3. The van der Waals surface area contributed by atoms with E-state index in [2.05, 4.69) is 4.74 Å². The van der Waals surface area contributed by atoms with Crippen molar-refractivity contribution in [3.63, 3.8) is 0 Å². The van der Waals surface area contributed by atoms with Gasteiger partial charge in [-0.05, 0) is 17.7 Å². The Hall–Kier alpha value is -1.43. The van der Waals surface area contributed by atoms with E-state index < -0.39 is 18.9 Å². The molecule has 0 aliphatic carbocycles. The molecule has 0 bridgehead atoms. The van der Waals surface area contributed by atoms with Gasteiger partial charge < -0.3 is 9.64 Å². The van der Waals surface area contributed by atoms with Crippen molar-refractivity contribution in [2.24, 2.45) is 0 Å². The summed E-state index contributed by atoms with van der Waals surface area (Å²) in [6.45, 7) is -1.44. The highest BCUT2D eigenvalue weighted by Gasteiger charge is 2.30. The maximum Gasteiger partial charge on any atom is 0.422 e. The molecular weight excluding hydrogens is 271 g/mol. The number of hydrogen-bond donors (Lipinski definition) is 0. The largest absolute Gasteiger partial charge is 0.440 e. The van der Waals surface area contributed by atoms with Crippen molar-refractivity contribution in [3.8, 4) is 0 Å². The van der Waals surface area contributed by atoms with E-state index in [1.165, 1.54) is 7.05 Å². The summed E-state index contributed by atoms with van der Waals surface area (Å²) >= 11 is 5.68. The second-order valence-electron chi connectivity index (χ2n) is 3.65. The van der Waals surface area contributed by atoms with Gasteiger partial charge in [-0.3, -0.25) is 0 Å². The molecule has 0 aliphatic rings. The van der Waals surface area contributed by atoms with E-state index in [9.17, 15) is 18.0 Å². The van der Waals surface area contributed by atoms with Gasteiger partial charge in [0.25, 0.3) is 0 Å². The van der Waals surface area contributed by atoms with Crippen LogP contribution in [-0.2, 0) is 11.3 Å². The molecule has 0 aliphatic heterocycles. The smallest absolute Gasteiger partial charge is 0.422 e. The van der Waals surface area contributed by atoms with Crippen molar-refractivity contribution in [1.82, 2.24) is 4.90 Å². The number of carbonyl (C=O) groups excluding carboxylic acids is 1. The Morgan fingerprint density at radius 3 is 2.39 bits per heavy atom. The van der Waals surface area contributed by atoms with Crippen LogP contribution in [-0.4, -0.2) is 30.8 Å². The SMILES string of the molecule is CN(Cc1ccc(Cl)cc1)C(=O)OCC(F)(F)F. The molecule has 7 heteroatoms. The van der Waals surface area contributed by atoms with E-state index in [1.807, 2.05) is 0 Å². The van der Waals surface area contributed by atoms with Crippen LogP contribution in [0.4, 0.5) is 18.0 Å². The molecule has 0 saturated heterocycles. The van der Waals surface area contributed by atoms with E-state index in [-0.39, 0.29) is 6.54 Å². The Kier molecular flexibility index (Phi) is 4.84. The first-order valence-electron chi connectivity index (χ1n) is 4.97. The molecular formula is C11H11ClF3NO2. The number of ether oxygens (including phenoxy) is 1. The van der Waals surface area contributed by atoms with Gasteiger partial charge in [-0.15, -0.1) is 0 Å². The maximum atomic E-state index is 11.8. The van der Waals surface area contributed by atoms with Gasteiger partial charge in [0.15, 0.2) is 6.61 Å². The van der Waals surface area contributed by atoms with Crippen LogP contribution in [0.15, 0.2) is 24.3 Å². The van der Waals surface area contributed by atoms with E-state index in [1.54, 1.807) is 24.3 Å². The first kappa shape index (κ1) is 14.6. The molecule has 0 N–H and O–H groups in total. The number of halogens is 4. The highest BCUT2D eigenvalue weighted by Crippen LogP contribution is 2.16. The number of amides is 1. The van der Waals surface area contributed by atoms with Gasteiger partial charge >= 0.3 is 12.3 Å². The molecule has 1 aromatic carbocycles. The number of benzene rings is 1. The quantitative estimate of drug-likeness (QED) is 0.849. The third kappa shape index (κ3) is 5.27. The van der Waals surface area contributed by atoms with Crippen LogP contribution in [0.2, 0.25) is 5.02 Å². The lowest BCUT2D eigenvalue weighted by Crippen LogP contribution is -2.30. The van der Waals surface area contributed by atoms with Crippen LogP contribution < -0.4 is 0 Å². The minimum Gasteiger partial charge on any atom is -0.440 e. The summed E-state index contributed by atoms with van der Waals surface area (Å²) < 4.78 is 39.6. The third-order valence-corrected chi connectivity index (χ3v) is 2.26. The predicted molar refractivity (Wildman–Crippen MR) is 60.3 cm³/mol. The molecule has 0 radical (unpaired) electrons. The second kappa shape index (κ2) is 5.95. The monoisotopic (exact) mass is 281 g/mol. The third-order valence-electron chi connectivity index (χ3n) is 2.00. The lowest BCUT2D eigenvalue weighted by atomic mass is 10.2. The average molecular weight is 282 g/mol. The lowest BCUT2D eigenvalue weighted by Gasteiger charge is -2.17. The van der Waals surface area contributed by atoms with E-state index in [4.69, 9.17) is 11.6 Å². The number of hydrogen-bond acceptors (Lipinski definition) is 2. The van der Waals surface area contributed by atoms with Gasteiger partial charge in [0.05, 0.1) is 0 Å². The van der Waals surface area contributed by atoms with Gasteiger partial charge in [-0.25, -0.2) is 4.79 Å². The topological polar surface area (TPSA) is 29.5 Å². The van der Waals surface area contributed by atoms with Gasteiger partial charge in [0, 0.05) is 18.6 Å². The van der Waals surface area contributed by atoms with E-state index >= 15 is 0 Å². The fourth-order valence-corrected chi connectivity index (χ4v) is 1.31. The molecule has 0 saturated carbocycles. The summed E-state index contributed by atoms with van der Waals surface area (Å²) in [5.74, 6) is 0. The molecule has 0 spiro atoms. The molecule has 18 heavy (non-hydrogen) atoms. The van der Waals surface area contributed by atoms with Crippen LogP contribution in [0.5, 0.6) is 0 Å². The minimum atomic E-state index is -4.52. The van der Waals surface area contributed by atoms with Gasteiger partial charge in [0.2, 0.25) is 0 Å². The molecule has 0 unspecified atom stereocenters. The predicted octanol–water partition coefficient (Wildman–Crippen LogP) is 3.47. The Balaban J connectivity index is 2.47. The summed E-state index contributed by atoms with van der Waals surface area (Å²) in [4.78, 5) is 12.3. The first-order chi connectivity index (χ1) is 8.28. The zero-order valence-corrected chi connectivity index (χ0v) is 10.3. The van der Waals surface area contributed by atoms with Crippen molar-refractivity contribution in [2.45, 2.75) is 12.7 Å². The van der Waals surface area contributed by atoms with Crippen LogP contribution in [0.3, 0.4) is 0 Å². The molecule has 1 amide bonds. The van der Waals surface area contributed by atoms with Crippen molar-refractivity contribution >= 4 is 17.7 Å². The fraction of sp³-hybridized carbons (Fsp3) is 0.364. The minimum absolute atomic E-state index is 0.147. The Bertz CT molecular complexity index is 406. The van der Waals surface area contributed by atoms with E-state index in [0.29, 0.717) is 5.02 Å². The van der Waals surface area contributed by atoms with Gasteiger partial charge in [0.1, 0.15) is 0 Å². The van der Waals surface area contributed by atoms with E-state index in [0.717, 1.165) is 10.5 Å². The second-order valence-corrected chi connectivity index (χ2v) is 4.09. The number of carbonyl (C=O) groups is 1. The Labute approximate surface area is 107 Å². The molecule has 0 atom stereocenters. The lowest BCUT2D eigenvalue weighted by molar-refractivity contribution is -0.162. The normalized spacial score (nSPS) is 11.2. The molecule has 100 valence electrons. The summed E-state index contributed by atoms with van der Waals surface area (Å²) in [7, 11) is 1.35. The highest BCUT2D eigenvalue weighted by atomic mass is 35.5. The van der Waals surface area contributed by atoms with Crippen molar-refractivity contribution < 1.29 is 22.7 Å². The molecule has 0 heterocycles. The molecule has 1 rings (SSSR count). The van der Waals surface area contributed by atoms with Crippen LogP contribution in [0, 0.1) is 0 Å². The van der Waals surface area contributed by atoms with Crippen molar-refractivity contribution in [3.05, 3.63) is 34.9 Å². The van der Waals surface area contributed by atoms with Crippen LogP contribution >= 0.6 is 11.6 Å². The van der Waals surface area contributed by atoms with Gasteiger partial charge in [-0.2, -0.15) is 13.2 Å². The van der Waals surface area contributed by atoms with Crippen molar-refractivity contribution in [2.75, 3.05) is 13.7 Å². The van der Waals surface area contributed by atoms with Crippen molar-refractivity contribution in [1.29, 1.82) is 0 Å². The number of rotatable bonds is 3. The zero-order valence-electron chi connectivity index (χ0n) is 9.50. The van der Waals surface area contributed by atoms with Gasteiger partial charge in [-0.1, -0.05) is 23.7 Å². The number of nitrogens with zero attached hydrogens (tertiary/aromatic N) is 1. The highest BCUT2D eigenvalue weighted by molar-refractivity contribution is 6.30. The zero-order chi connectivity index (χ0) is 13.8. The average Bonchev–Trinajstić information content (AvgIpc) is 2.28. The Morgan fingerprint density at radius 2 is 1.89 bits per heavy atom. The summed E-state index contributed by atoms with van der Waals surface area (Å²) in [5, 5.41) is 0.543. The molecule has 3 nitrogen and oxygen atoms in total. The molecule has 0 aromatic heterocycles. The summed E-state index contributed by atoms with van der Waals surface area (Å²) in [6, 6.07) is 6.61. The maximum absolute atomic E-state index is 11.8.